The summed E-state index contributed by atoms with van der Waals surface area (Å²) in [7, 11) is 1.60. The molecule has 2 aliphatic carbocycles. The van der Waals surface area contributed by atoms with Crippen LogP contribution in [0.25, 0.3) is 5.76 Å². The topological polar surface area (TPSA) is 75.4 Å². The number of hydrogen-bond donors (Lipinski definition) is 1. The summed E-state index contributed by atoms with van der Waals surface area (Å²) in [6.07, 6.45) is 1.56. The largest absolute Gasteiger partial charge is 0.506 e. The number of alkyl halides is 2. The molecule has 10 heteroatoms. The Kier molecular flexibility index (Phi) is 6.88. The van der Waals surface area contributed by atoms with Gasteiger partial charge in [-0.3, -0.25) is 19.2 Å². The Bertz CT molecular complexity index is 1120. The van der Waals surface area contributed by atoms with Crippen LogP contribution in [0.1, 0.15) is 60.9 Å². The Labute approximate surface area is 199 Å². The lowest BCUT2D eigenvalue weighted by Gasteiger charge is -2.24. The number of halogens is 4. The first-order valence-electron chi connectivity index (χ1n) is 10.7. The van der Waals surface area contributed by atoms with Crippen LogP contribution in [0.15, 0.2) is 23.9 Å². The Morgan fingerprint density at radius 1 is 1.21 bits per heavy atom. The van der Waals surface area contributed by atoms with E-state index in [9.17, 15) is 23.5 Å². The third-order valence-electron chi connectivity index (χ3n) is 5.99. The Morgan fingerprint density at radius 2 is 1.88 bits per heavy atom. The van der Waals surface area contributed by atoms with E-state index in [1.54, 1.807) is 19.3 Å². The van der Waals surface area contributed by atoms with Crippen LogP contribution in [0.2, 0.25) is 10.0 Å². The standard InChI is InChI=1S/C23H23Cl2F2N3O3/c1-29-9-12(21(28-29)23(26)27)10-30(13-5-6-13)11-15-16(24)8-7-14(20(15)25)22(33)19-17(31)3-2-4-18(19)32/h7-9,13,23,33H,2-6,10-11H2,1H3. The monoisotopic (exact) mass is 497 g/mol. The molecule has 176 valence electrons. The van der Waals surface area contributed by atoms with E-state index in [0.717, 1.165) is 12.8 Å². The van der Waals surface area contributed by atoms with Crippen LogP contribution < -0.4 is 0 Å². The van der Waals surface area contributed by atoms with Gasteiger partial charge in [0.05, 0.1) is 5.02 Å². The molecule has 0 radical (unpaired) electrons. The number of rotatable bonds is 7. The second-order valence-electron chi connectivity index (χ2n) is 8.46. The van der Waals surface area contributed by atoms with E-state index in [-0.39, 0.29) is 53.8 Å². The molecule has 0 saturated heterocycles. The summed E-state index contributed by atoms with van der Waals surface area (Å²) in [5.74, 6) is -1.27. The van der Waals surface area contributed by atoms with Gasteiger partial charge in [-0.25, -0.2) is 8.78 Å². The summed E-state index contributed by atoms with van der Waals surface area (Å²) in [6, 6.07) is 3.20. The summed E-state index contributed by atoms with van der Waals surface area (Å²) >= 11 is 13.0. The van der Waals surface area contributed by atoms with Crippen LogP contribution >= 0.6 is 23.2 Å². The van der Waals surface area contributed by atoms with Crippen molar-refractivity contribution in [2.75, 3.05) is 0 Å². The fraction of sp³-hybridized carbons (Fsp3) is 0.435. The number of aromatic nitrogens is 2. The van der Waals surface area contributed by atoms with Gasteiger partial charge >= 0.3 is 0 Å². The quantitative estimate of drug-likeness (QED) is 0.314. The van der Waals surface area contributed by atoms with Crippen LogP contribution in [-0.4, -0.2) is 37.4 Å². The van der Waals surface area contributed by atoms with E-state index in [0.29, 0.717) is 22.6 Å². The number of aliphatic hydroxyl groups excluding tert-OH is 1. The number of benzene rings is 1. The first kappa shape index (κ1) is 23.9. The highest BCUT2D eigenvalue weighted by atomic mass is 35.5. The van der Waals surface area contributed by atoms with Gasteiger partial charge in [0.15, 0.2) is 11.6 Å². The highest BCUT2D eigenvalue weighted by molar-refractivity contribution is 6.37. The molecule has 0 aliphatic heterocycles. The maximum Gasteiger partial charge on any atom is 0.282 e. The highest BCUT2D eigenvalue weighted by Crippen LogP contribution is 2.38. The molecule has 2 aliphatic rings. The lowest BCUT2D eigenvalue weighted by Crippen LogP contribution is -2.26. The molecule has 2 aromatic rings. The molecule has 1 aromatic heterocycles. The number of allylic oxidation sites excluding steroid dienone is 1. The molecule has 1 N–H and O–H groups in total. The van der Waals surface area contributed by atoms with Gasteiger partial charge in [-0.05, 0) is 31.4 Å². The first-order chi connectivity index (χ1) is 15.7. The van der Waals surface area contributed by atoms with Gasteiger partial charge in [0, 0.05) is 66.9 Å². The predicted molar refractivity (Wildman–Crippen MR) is 120 cm³/mol. The van der Waals surface area contributed by atoms with E-state index < -0.39 is 23.8 Å². The van der Waals surface area contributed by atoms with Crippen molar-refractivity contribution in [3.63, 3.8) is 0 Å². The molecule has 6 nitrogen and oxygen atoms in total. The van der Waals surface area contributed by atoms with E-state index in [2.05, 4.69) is 5.10 Å². The molecule has 2 fully saturated rings. The summed E-state index contributed by atoms with van der Waals surface area (Å²) in [6.45, 7) is 0.483. The van der Waals surface area contributed by atoms with Crippen molar-refractivity contribution in [1.82, 2.24) is 14.7 Å². The maximum absolute atomic E-state index is 13.4. The second-order valence-corrected chi connectivity index (χ2v) is 9.25. The van der Waals surface area contributed by atoms with E-state index >= 15 is 0 Å². The molecule has 0 unspecified atom stereocenters. The molecule has 4 rings (SSSR count). The Hall–Kier alpha value is -2.29. The molecular formula is C23H23Cl2F2N3O3. The summed E-state index contributed by atoms with van der Waals surface area (Å²) < 4.78 is 28.2. The number of ketones is 2. The molecule has 1 heterocycles. The van der Waals surface area contributed by atoms with Gasteiger partial charge in [0.25, 0.3) is 6.43 Å². The fourth-order valence-corrected chi connectivity index (χ4v) is 4.75. The van der Waals surface area contributed by atoms with Crippen molar-refractivity contribution in [3.05, 3.63) is 56.3 Å². The van der Waals surface area contributed by atoms with Gasteiger partial charge < -0.3 is 5.11 Å². The number of hydrogen-bond acceptors (Lipinski definition) is 5. The van der Waals surface area contributed by atoms with Crippen molar-refractivity contribution in [1.29, 1.82) is 0 Å². The second kappa shape index (κ2) is 9.52. The summed E-state index contributed by atoms with van der Waals surface area (Å²) in [5, 5.41) is 15.1. The normalized spacial score (nSPS) is 16.9. The van der Waals surface area contributed by atoms with Gasteiger partial charge in [-0.2, -0.15) is 5.10 Å². The van der Waals surface area contributed by atoms with E-state index in [1.165, 1.54) is 10.7 Å². The molecule has 0 bridgehead atoms. The number of carbonyl (C=O) groups excluding carboxylic acids is 2. The maximum atomic E-state index is 13.4. The fourth-order valence-electron chi connectivity index (χ4n) is 4.18. The number of carbonyl (C=O) groups is 2. The van der Waals surface area contributed by atoms with Gasteiger partial charge in [0.1, 0.15) is 17.0 Å². The third kappa shape index (κ3) is 4.98. The van der Waals surface area contributed by atoms with Crippen molar-refractivity contribution < 1.29 is 23.5 Å². The van der Waals surface area contributed by atoms with Gasteiger partial charge in [-0.1, -0.05) is 23.2 Å². The Morgan fingerprint density at radius 3 is 2.48 bits per heavy atom. The van der Waals surface area contributed by atoms with Gasteiger partial charge in [-0.15, -0.1) is 0 Å². The number of Topliss-reactive ketones (excluding diaryl/α,β-unsaturated/α-hetero) is 2. The van der Waals surface area contributed by atoms with Gasteiger partial charge in [0.2, 0.25) is 0 Å². The average molecular weight is 498 g/mol. The van der Waals surface area contributed by atoms with Crippen LogP contribution in [0.3, 0.4) is 0 Å². The van der Waals surface area contributed by atoms with Crippen molar-refractivity contribution >= 4 is 40.5 Å². The average Bonchev–Trinajstić information content (AvgIpc) is 3.52. The summed E-state index contributed by atoms with van der Waals surface area (Å²) in [4.78, 5) is 26.5. The van der Waals surface area contributed by atoms with Crippen LogP contribution in [-0.2, 0) is 29.7 Å². The molecule has 0 spiro atoms. The van der Waals surface area contributed by atoms with Crippen molar-refractivity contribution in [3.8, 4) is 0 Å². The van der Waals surface area contributed by atoms with Crippen molar-refractivity contribution in [2.45, 2.75) is 57.7 Å². The number of aliphatic hydroxyl groups is 1. The minimum Gasteiger partial charge on any atom is -0.506 e. The molecule has 0 amide bonds. The molecule has 1 aromatic carbocycles. The molecule has 33 heavy (non-hydrogen) atoms. The zero-order chi connectivity index (χ0) is 23.9. The van der Waals surface area contributed by atoms with E-state index in [1.807, 2.05) is 4.90 Å². The lowest BCUT2D eigenvalue weighted by atomic mass is 9.89. The number of aryl methyl sites for hydroxylation is 1. The third-order valence-corrected chi connectivity index (χ3v) is 6.77. The van der Waals surface area contributed by atoms with Crippen LogP contribution in [0, 0.1) is 0 Å². The van der Waals surface area contributed by atoms with Crippen LogP contribution in [0.5, 0.6) is 0 Å². The SMILES string of the molecule is Cn1cc(CN(Cc2c(Cl)ccc(C(O)=C3C(=O)CCCC3=O)c2Cl)C2CC2)c(C(F)F)n1. The number of nitrogens with zero attached hydrogens (tertiary/aromatic N) is 3. The molecule has 0 atom stereocenters. The smallest absolute Gasteiger partial charge is 0.282 e. The first-order valence-corrected chi connectivity index (χ1v) is 11.4. The zero-order valence-corrected chi connectivity index (χ0v) is 19.5. The molecule has 2 saturated carbocycles. The van der Waals surface area contributed by atoms with Crippen molar-refractivity contribution in [2.24, 2.45) is 7.05 Å². The Balaban J connectivity index is 1.68. The van der Waals surface area contributed by atoms with E-state index in [4.69, 9.17) is 23.2 Å². The minimum absolute atomic E-state index is 0.129. The predicted octanol–water partition coefficient (Wildman–Crippen LogP) is 5.42. The summed E-state index contributed by atoms with van der Waals surface area (Å²) in [5.41, 5.74) is 0.581. The lowest BCUT2D eigenvalue weighted by molar-refractivity contribution is -0.123. The molecular weight excluding hydrogens is 475 g/mol. The minimum atomic E-state index is -2.69. The van der Waals surface area contributed by atoms with Crippen LogP contribution in [0.4, 0.5) is 8.78 Å². The zero-order valence-electron chi connectivity index (χ0n) is 18.0. The highest BCUT2D eigenvalue weighted by Gasteiger charge is 2.33.